The zero-order valence-corrected chi connectivity index (χ0v) is 6.84. The average Bonchev–Trinajstić information content (AvgIpc) is 1.88. The van der Waals surface area contributed by atoms with Gasteiger partial charge in [0.2, 0.25) is 0 Å². The molecular weight excluding hydrogens is 130 g/mol. The van der Waals surface area contributed by atoms with Gasteiger partial charge in [0.15, 0.2) is 0 Å². The quantitative estimate of drug-likeness (QED) is 0.508. The molecule has 0 bridgehead atoms. The maximum atomic E-state index is 11.0. The molecule has 1 amide bonds. The van der Waals surface area contributed by atoms with Crippen LogP contribution in [0, 0.1) is 5.92 Å². The zero-order valence-electron chi connectivity index (χ0n) is 6.84. The first-order chi connectivity index (χ1) is 4.51. The predicted molar refractivity (Wildman–Crippen MR) is 37.1 cm³/mol. The van der Waals surface area contributed by atoms with Gasteiger partial charge in [0.05, 0.1) is 18.6 Å². The molecule has 0 aromatic carbocycles. The molecule has 3 heteroatoms. The van der Waals surface area contributed by atoms with Crippen molar-refractivity contribution in [1.29, 1.82) is 0 Å². The fourth-order valence-electron chi connectivity index (χ4n) is 1.20. The number of hydroxylamine groups is 2. The van der Waals surface area contributed by atoms with Crippen LogP contribution in [-0.4, -0.2) is 23.6 Å². The summed E-state index contributed by atoms with van der Waals surface area (Å²) in [5, 5.41) is 1.41. The molecular formula is C7H13NO2. The normalized spacial score (nSPS) is 30.2. The molecule has 0 N–H and O–H groups in total. The SMILES string of the molecule is CON1C(=O)C(C)C1(C)C. The highest BCUT2D eigenvalue weighted by Crippen LogP contribution is 2.36. The van der Waals surface area contributed by atoms with E-state index in [0.29, 0.717) is 0 Å². The minimum absolute atomic E-state index is 0.0764. The van der Waals surface area contributed by atoms with Gasteiger partial charge < -0.3 is 0 Å². The van der Waals surface area contributed by atoms with Gasteiger partial charge >= 0.3 is 0 Å². The van der Waals surface area contributed by atoms with Crippen LogP contribution in [0.4, 0.5) is 0 Å². The summed E-state index contributed by atoms with van der Waals surface area (Å²) in [4.78, 5) is 15.9. The van der Waals surface area contributed by atoms with Crippen LogP contribution in [0.5, 0.6) is 0 Å². The molecule has 0 aliphatic carbocycles. The van der Waals surface area contributed by atoms with Gasteiger partial charge in [-0.25, -0.2) is 5.06 Å². The van der Waals surface area contributed by atoms with Crippen LogP contribution in [0.1, 0.15) is 20.8 Å². The summed E-state index contributed by atoms with van der Waals surface area (Å²) < 4.78 is 0. The van der Waals surface area contributed by atoms with Gasteiger partial charge in [-0.05, 0) is 13.8 Å². The van der Waals surface area contributed by atoms with Crippen molar-refractivity contribution in [3.8, 4) is 0 Å². The van der Waals surface area contributed by atoms with Crippen molar-refractivity contribution in [2.75, 3.05) is 7.11 Å². The summed E-state index contributed by atoms with van der Waals surface area (Å²) in [6, 6.07) is 0. The van der Waals surface area contributed by atoms with Gasteiger partial charge in [-0.3, -0.25) is 9.63 Å². The highest BCUT2D eigenvalue weighted by Gasteiger charge is 2.51. The summed E-state index contributed by atoms with van der Waals surface area (Å²) >= 11 is 0. The van der Waals surface area contributed by atoms with Crippen molar-refractivity contribution in [3.05, 3.63) is 0 Å². The van der Waals surface area contributed by atoms with Gasteiger partial charge in [0.1, 0.15) is 0 Å². The molecule has 0 aromatic heterocycles. The van der Waals surface area contributed by atoms with Gasteiger partial charge in [0, 0.05) is 0 Å². The van der Waals surface area contributed by atoms with E-state index in [-0.39, 0.29) is 17.4 Å². The summed E-state index contributed by atoms with van der Waals surface area (Å²) in [5.41, 5.74) is -0.119. The van der Waals surface area contributed by atoms with Crippen molar-refractivity contribution in [3.63, 3.8) is 0 Å². The highest BCUT2D eigenvalue weighted by atomic mass is 16.7. The van der Waals surface area contributed by atoms with E-state index in [9.17, 15) is 4.79 Å². The molecule has 10 heavy (non-hydrogen) atoms. The van der Waals surface area contributed by atoms with Gasteiger partial charge in [-0.2, -0.15) is 0 Å². The van der Waals surface area contributed by atoms with E-state index < -0.39 is 0 Å². The van der Waals surface area contributed by atoms with E-state index >= 15 is 0 Å². The molecule has 0 aromatic rings. The highest BCUT2D eigenvalue weighted by molar-refractivity contribution is 5.85. The molecule has 1 aliphatic heterocycles. The van der Waals surface area contributed by atoms with Gasteiger partial charge in [0.25, 0.3) is 5.91 Å². The van der Waals surface area contributed by atoms with Crippen LogP contribution >= 0.6 is 0 Å². The molecule has 0 saturated carbocycles. The maximum absolute atomic E-state index is 11.0. The Morgan fingerprint density at radius 3 is 2.30 bits per heavy atom. The molecule has 0 spiro atoms. The van der Waals surface area contributed by atoms with Crippen molar-refractivity contribution >= 4 is 5.91 Å². The Labute approximate surface area is 60.9 Å². The minimum atomic E-state index is -0.119. The molecule has 1 aliphatic rings. The van der Waals surface area contributed by atoms with Crippen LogP contribution < -0.4 is 0 Å². The Bertz CT molecular complexity index is 165. The summed E-state index contributed by atoms with van der Waals surface area (Å²) in [7, 11) is 1.52. The number of carbonyl (C=O) groups excluding carboxylic acids is 1. The Balaban J connectivity index is 2.71. The monoisotopic (exact) mass is 143 g/mol. The number of carbonyl (C=O) groups is 1. The molecule has 0 radical (unpaired) electrons. The van der Waals surface area contributed by atoms with Crippen molar-refractivity contribution in [2.45, 2.75) is 26.3 Å². The second kappa shape index (κ2) is 1.95. The van der Waals surface area contributed by atoms with E-state index in [1.54, 1.807) is 0 Å². The van der Waals surface area contributed by atoms with Gasteiger partial charge in [-0.15, -0.1) is 0 Å². The number of hydrogen-bond acceptors (Lipinski definition) is 2. The fraction of sp³-hybridized carbons (Fsp3) is 0.857. The number of rotatable bonds is 1. The summed E-state index contributed by atoms with van der Waals surface area (Å²) in [5.74, 6) is 0.167. The van der Waals surface area contributed by atoms with Crippen molar-refractivity contribution in [2.24, 2.45) is 5.92 Å². The number of hydrogen-bond donors (Lipinski definition) is 0. The van der Waals surface area contributed by atoms with E-state index in [1.165, 1.54) is 12.2 Å². The minimum Gasteiger partial charge on any atom is -0.274 e. The van der Waals surface area contributed by atoms with E-state index in [2.05, 4.69) is 0 Å². The second-order valence-corrected chi connectivity index (χ2v) is 3.19. The topological polar surface area (TPSA) is 29.5 Å². The third-order valence-electron chi connectivity index (χ3n) is 2.34. The molecule has 1 unspecified atom stereocenters. The summed E-state index contributed by atoms with van der Waals surface area (Å²) in [6.07, 6.45) is 0. The largest absolute Gasteiger partial charge is 0.274 e. The van der Waals surface area contributed by atoms with Gasteiger partial charge in [-0.1, -0.05) is 6.92 Å². The Hall–Kier alpha value is -0.570. The van der Waals surface area contributed by atoms with E-state index in [0.717, 1.165) is 0 Å². The Morgan fingerprint density at radius 1 is 1.60 bits per heavy atom. The predicted octanol–water partition coefficient (Wildman–Crippen LogP) is 0.805. The lowest BCUT2D eigenvalue weighted by Gasteiger charge is -2.50. The lowest BCUT2D eigenvalue weighted by atomic mass is 9.80. The second-order valence-electron chi connectivity index (χ2n) is 3.19. The van der Waals surface area contributed by atoms with Crippen LogP contribution in [0.2, 0.25) is 0 Å². The molecule has 1 heterocycles. The molecule has 58 valence electrons. The fourth-order valence-corrected chi connectivity index (χ4v) is 1.20. The first-order valence-electron chi connectivity index (χ1n) is 3.40. The van der Waals surface area contributed by atoms with Crippen LogP contribution in [0.25, 0.3) is 0 Å². The van der Waals surface area contributed by atoms with Crippen LogP contribution in [0.3, 0.4) is 0 Å². The lowest BCUT2D eigenvalue weighted by molar-refractivity contribution is -0.253. The standard InChI is InChI=1S/C7H13NO2/c1-5-6(9)8(10-4)7(5,2)3/h5H,1-4H3. The van der Waals surface area contributed by atoms with E-state index in [1.807, 2.05) is 20.8 Å². The van der Waals surface area contributed by atoms with Crippen molar-refractivity contribution in [1.82, 2.24) is 5.06 Å². The smallest absolute Gasteiger partial charge is 0.251 e. The third kappa shape index (κ3) is 0.669. The number of amides is 1. The Morgan fingerprint density at radius 2 is 2.10 bits per heavy atom. The average molecular weight is 143 g/mol. The first-order valence-corrected chi connectivity index (χ1v) is 3.40. The molecule has 1 saturated heterocycles. The molecule has 1 atom stereocenters. The van der Waals surface area contributed by atoms with Crippen LogP contribution in [0.15, 0.2) is 0 Å². The van der Waals surface area contributed by atoms with Crippen molar-refractivity contribution < 1.29 is 9.63 Å². The molecule has 1 fully saturated rings. The maximum Gasteiger partial charge on any atom is 0.251 e. The Kier molecular flexibility index (Phi) is 1.47. The zero-order chi connectivity index (χ0) is 7.94. The summed E-state index contributed by atoms with van der Waals surface area (Å²) in [6.45, 7) is 5.89. The lowest BCUT2D eigenvalue weighted by Crippen LogP contribution is -2.66. The van der Waals surface area contributed by atoms with E-state index in [4.69, 9.17) is 4.84 Å². The number of nitrogens with zero attached hydrogens (tertiary/aromatic N) is 1. The molecule has 1 rings (SSSR count). The third-order valence-corrected chi connectivity index (χ3v) is 2.34. The number of β-lactam (4-membered cyclic amide) rings is 1. The first kappa shape index (κ1) is 7.54. The molecule has 3 nitrogen and oxygen atoms in total. The van der Waals surface area contributed by atoms with Crippen LogP contribution in [-0.2, 0) is 9.63 Å².